The van der Waals surface area contributed by atoms with Crippen LogP contribution in [-0.4, -0.2) is 49.1 Å². The van der Waals surface area contributed by atoms with Crippen LogP contribution in [0.25, 0.3) is 0 Å². The maximum Gasteiger partial charge on any atom is 0.225 e. The second-order valence-corrected chi connectivity index (χ2v) is 6.29. The Labute approximate surface area is 143 Å². The van der Waals surface area contributed by atoms with Crippen LogP contribution in [-0.2, 0) is 14.3 Å². The van der Waals surface area contributed by atoms with Crippen molar-refractivity contribution < 1.29 is 19.1 Å². The van der Waals surface area contributed by atoms with Crippen molar-refractivity contribution in [3.63, 3.8) is 0 Å². The number of ether oxygens (including phenoxy) is 2. The molecule has 1 aliphatic heterocycles. The Bertz CT molecular complexity index is 563. The summed E-state index contributed by atoms with van der Waals surface area (Å²) in [6.45, 7) is 6.55. The number of carbonyl (C=O) groups excluding carboxylic acids is 2. The number of benzene rings is 1. The van der Waals surface area contributed by atoms with Crippen molar-refractivity contribution in [2.45, 2.75) is 45.4 Å². The van der Waals surface area contributed by atoms with Crippen LogP contribution in [0.4, 0.5) is 0 Å². The fraction of sp³-hybridized carbons (Fsp3) is 0.556. The van der Waals surface area contributed by atoms with Gasteiger partial charge in [-0.3, -0.25) is 9.59 Å². The highest BCUT2D eigenvalue weighted by Gasteiger charge is 2.28. The van der Waals surface area contributed by atoms with Gasteiger partial charge in [0.25, 0.3) is 0 Å². The molecule has 0 saturated carbocycles. The zero-order chi connectivity index (χ0) is 17.7. The fourth-order valence-electron chi connectivity index (χ4n) is 3.02. The minimum absolute atomic E-state index is 0.0200. The first kappa shape index (κ1) is 18.3. The van der Waals surface area contributed by atoms with Gasteiger partial charge in [-0.05, 0) is 31.5 Å². The lowest BCUT2D eigenvalue weighted by atomic mass is 10.0. The minimum Gasteiger partial charge on any atom is -0.497 e. The van der Waals surface area contributed by atoms with E-state index in [1.807, 2.05) is 43.0 Å². The molecule has 1 heterocycles. The molecule has 3 atom stereocenters. The predicted molar refractivity (Wildman–Crippen MR) is 90.8 cm³/mol. The second-order valence-electron chi connectivity index (χ2n) is 6.29. The minimum atomic E-state index is -0.352. The van der Waals surface area contributed by atoms with E-state index in [0.717, 1.165) is 11.3 Å². The van der Waals surface area contributed by atoms with Crippen LogP contribution in [0.2, 0.25) is 0 Å². The van der Waals surface area contributed by atoms with Gasteiger partial charge in [0.05, 0.1) is 31.8 Å². The molecule has 0 radical (unpaired) electrons. The SMILES string of the molecule is COc1ccc([C@H](CC(=O)N2C[C@H](C)O[C@@H](C)C2)NC(C)=O)cc1. The molecular formula is C18H26N2O4. The summed E-state index contributed by atoms with van der Waals surface area (Å²) in [6, 6.07) is 7.05. The Kier molecular flexibility index (Phi) is 6.20. The molecule has 2 rings (SSSR count). The predicted octanol–water partition coefficient (Wildman–Crippen LogP) is 1.90. The monoisotopic (exact) mass is 334 g/mol. The molecule has 0 aromatic heterocycles. The lowest BCUT2D eigenvalue weighted by Gasteiger charge is -2.36. The van der Waals surface area contributed by atoms with Gasteiger partial charge in [-0.1, -0.05) is 12.1 Å². The summed E-state index contributed by atoms with van der Waals surface area (Å²) in [5.41, 5.74) is 0.883. The first-order valence-electron chi connectivity index (χ1n) is 8.23. The van der Waals surface area contributed by atoms with Gasteiger partial charge in [0.2, 0.25) is 11.8 Å². The van der Waals surface area contributed by atoms with Crippen molar-refractivity contribution in [3.05, 3.63) is 29.8 Å². The molecule has 0 unspecified atom stereocenters. The Hall–Kier alpha value is -2.08. The van der Waals surface area contributed by atoms with E-state index in [1.165, 1.54) is 6.92 Å². The molecule has 0 spiro atoms. The molecule has 1 aliphatic rings. The second kappa shape index (κ2) is 8.15. The third kappa shape index (κ3) is 4.96. The number of carbonyl (C=O) groups is 2. The normalized spacial score (nSPS) is 21.9. The number of amides is 2. The van der Waals surface area contributed by atoms with Gasteiger partial charge in [0.15, 0.2) is 0 Å². The standard InChI is InChI=1S/C18H26N2O4/c1-12-10-20(11-13(2)24-12)18(22)9-17(19-14(3)21)15-5-7-16(23-4)8-6-15/h5-8,12-13,17H,9-11H2,1-4H3,(H,19,21)/t12-,13-,17-/m0/s1. The van der Waals surface area contributed by atoms with Crippen LogP contribution in [0.5, 0.6) is 5.75 Å². The van der Waals surface area contributed by atoms with Crippen molar-refractivity contribution >= 4 is 11.8 Å². The third-order valence-corrected chi connectivity index (χ3v) is 4.05. The molecule has 1 saturated heterocycles. The summed E-state index contributed by atoms with van der Waals surface area (Å²) < 4.78 is 10.8. The topological polar surface area (TPSA) is 67.9 Å². The molecule has 2 amide bonds. The first-order valence-corrected chi connectivity index (χ1v) is 8.23. The lowest BCUT2D eigenvalue weighted by molar-refractivity contribution is -0.143. The Balaban J connectivity index is 2.09. The molecule has 132 valence electrons. The number of rotatable bonds is 5. The van der Waals surface area contributed by atoms with E-state index < -0.39 is 0 Å². The number of nitrogens with zero attached hydrogens (tertiary/aromatic N) is 1. The number of hydrogen-bond acceptors (Lipinski definition) is 4. The van der Waals surface area contributed by atoms with E-state index in [9.17, 15) is 9.59 Å². The Morgan fingerprint density at radius 1 is 1.25 bits per heavy atom. The van der Waals surface area contributed by atoms with Crippen molar-refractivity contribution in [2.24, 2.45) is 0 Å². The van der Waals surface area contributed by atoms with E-state index in [1.54, 1.807) is 7.11 Å². The van der Waals surface area contributed by atoms with Gasteiger partial charge < -0.3 is 19.7 Å². The molecule has 1 N–H and O–H groups in total. The molecule has 0 aliphatic carbocycles. The van der Waals surface area contributed by atoms with Crippen LogP contribution >= 0.6 is 0 Å². The summed E-state index contributed by atoms with van der Waals surface area (Å²) in [5.74, 6) is 0.599. The largest absolute Gasteiger partial charge is 0.497 e. The molecule has 6 nitrogen and oxygen atoms in total. The van der Waals surface area contributed by atoms with Crippen LogP contribution in [0, 0.1) is 0 Å². The van der Waals surface area contributed by atoms with Gasteiger partial charge in [0, 0.05) is 20.0 Å². The van der Waals surface area contributed by atoms with Crippen molar-refractivity contribution in [1.29, 1.82) is 0 Å². The van der Waals surface area contributed by atoms with E-state index in [4.69, 9.17) is 9.47 Å². The van der Waals surface area contributed by atoms with Crippen molar-refractivity contribution in [1.82, 2.24) is 10.2 Å². The zero-order valence-electron chi connectivity index (χ0n) is 14.7. The van der Waals surface area contributed by atoms with Gasteiger partial charge in [-0.2, -0.15) is 0 Å². The van der Waals surface area contributed by atoms with Crippen LogP contribution in [0.1, 0.15) is 38.8 Å². The smallest absolute Gasteiger partial charge is 0.225 e. The fourth-order valence-corrected chi connectivity index (χ4v) is 3.02. The Morgan fingerprint density at radius 3 is 2.33 bits per heavy atom. The number of nitrogens with one attached hydrogen (secondary N) is 1. The molecule has 0 bridgehead atoms. The number of hydrogen-bond donors (Lipinski definition) is 1. The summed E-state index contributed by atoms with van der Waals surface area (Å²) in [7, 11) is 1.60. The first-order chi connectivity index (χ1) is 11.4. The van der Waals surface area contributed by atoms with Gasteiger partial charge in [-0.15, -0.1) is 0 Å². The van der Waals surface area contributed by atoms with Crippen molar-refractivity contribution in [2.75, 3.05) is 20.2 Å². The van der Waals surface area contributed by atoms with E-state index in [-0.39, 0.29) is 36.5 Å². The quantitative estimate of drug-likeness (QED) is 0.893. The zero-order valence-corrected chi connectivity index (χ0v) is 14.7. The average molecular weight is 334 g/mol. The highest BCUT2D eigenvalue weighted by Crippen LogP contribution is 2.22. The van der Waals surface area contributed by atoms with E-state index in [0.29, 0.717) is 13.1 Å². The highest BCUT2D eigenvalue weighted by atomic mass is 16.5. The Morgan fingerprint density at radius 2 is 1.83 bits per heavy atom. The molecule has 6 heteroatoms. The molecular weight excluding hydrogens is 308 g/mol. The third-order valence-electron chi connectivity index (χ3n) is 4.05. The molecule has 24 heavy (non-hydrogen) atoms. The highest BCUT2D eigenvalue weighted by molar-refractivity contribution is 5.79. The van der Waals surface area contributed by atoms with Gasteiger partial charge >= 0.3 is 0 Å². The average Bonchev–Trinajstić information content (AvgIpc) is 2.53. The van der Waals surface area contributed by atoms with Gasteiger partial charge in [0.1, 0.15) is 5.75 Å². The van der Waals surface area contributed by atoms with Crippen LogP contribution in [0.15, 0.2) is 24.3 Å². The molecule has 1 aromatic rings. The molecule has 1 fully saturated rings. The summed E-state index contributed by atoms with van der Waals surface area (Å²) in [4.78, 5) is 26.0. The van der Waals surface area contributed by atoms with Gasteiger partial charge in [-0.25, -0.2) is 0 Å². The number of morpholine rings is 1. The summed E-state index contributed by atoms with van der Waals surface area (Å²) >= 11 is 0. The van der Waals surface area contributed by atoms with Crippen LogP contribution < -0.4 is 10.1 Å². The van der Waals surface area contributed by atoms with E-state index >= 15 is 0 Å². The van der Waals surface area contributed by atoms with E-state index in [2.05, 4.69) is 5.32 Å². The lowest BCUT2D eigenvalue weighted by Crippen LogP contribution is -2.49. The molecule has 1 aromatic carbocycles. The number of methoxy groups -OCH3 is 1. The van der Waals surface area contributed by atoms with Crippen LogP contribution in [0.3, 0.4) is 0 Å². The maximum atomic E-state index is 12.7. The van der Waals surface area contributed by atoms with Crippen molar-refractivity contribution in [3.8, 4) is 5.75 Å². The summed E-state index contributed by atoms with van der Waals surface area (Å²) in [5, 5.41) is 2.87. The summed E-state index contributed by atoms with van der Waals surface area (Å²) in [6.07, 6.45) is 0.279. The maximum absolute atomic E-state index is 12.7.